The van der Waals surface area contributed by atoms with Gasteiger partial charge in [0, 0.05) is 10.9 Å². The number of rotatable bonds is 3. The molecule has 0 fully saturated rings. The Kier molecular flexibility index (Phi) is 5.04. The molecule has 9 rings (SSSR count). The van der Waals surface area contributed by atoms with E-state index in [1.807, 2.05) is 30.3 Å². The lowest BCUT2D eigenvalue weighted by Gasteiger charge is -2.23. The van der Waals surface area contributed by atoms with E-state index in [1.54, 1.807) is 0 Å². The van der Waals surface area contributed by atoms with Crippen LogP contribution in [0.25, 0.3) is 76.8 Å². The Morgan fingerprint density at radius 1 is 0.395 bits per heavy atom. The fourth-order valence-corrected chi connectivity index (χ4v) is 6.84. The highest BCUT2D eigenvalue weighted by atomic mass is 16.5. The van der Waals surface area contributed by atoms with Gasteiger partial charge < -0.3 is 4.74 Å². The van der Waals surface area contributed by atoms with Crippen molar-refractivity contribution in [3.63, 3.8) is 0 Å². The van der Waals surface area contributed by atoms with Crippen LogP contribution in [0.3, 0.4) is 0 Å². The molecule has 1 aliphatic rings. The summed E-state index contributed by atoms with van der Waals surface area (Å²) in [6, 6.07) is 53.7. The van der Waals surface area contributed by atoms with Gasteiger partial charge in [-0.3, -0.25) is 0 Å². The summed E-state index contributed by atoms with van der Waals surface area (Å²) in [5.41, 5.74) is 9.11. The second-order valence-corrected chi connectivity index (χ2v) is 11.2. The maximum atomic E-state index is 9.19. The first-order chi connectivity index (χ1) is 21.7. The Hall–Kier alpha value is -5.66. The van der Waals surface area contributed by atoms with Crippen molar-refractivity contribution in [3.05, 3.63) is 158 Å². The average Bonchev–Trinajstić information content (AvgIpc) is 3.08. The molecule has 0 amide bonds. The molecule has 0 N–H and O–H groups in total. The fourth-order valence-electron chi connectivity index (χ4n) is 6.84. The van der Waals surface area contributed by atoms with Crippen LogP contribution in [0, 0.1) is 0 Å². The highest BCUT2D eigenvalue weighted by molar-refractivity contribution is 6.21. The van der Waals surface area contributed by atoms with E-state index in [1.165, 1.54) is 27.5 Å². The van der Waals surface area contributed by atoms with Gasteiger partial charge >= 0.3 is 0 Å². The van der Waals surface area contributed by atoms with E-state index in [0.29, 0.717) is 6.04 Å². The molecule has 1 heteroatoms. The summed E-state index contributed by atoms with van der Waals surface area (Å²) >= 11 is 0. The van der Waals surface area contributed by atoms with Crippen LogP contribution >= 0.6 is 0 Å². The molecule has 8 aromatic rings. The molecule has 0 aromatic heterocycles. The van der Waals surface area contributed by atoms with Gasteiger partial charge in [0.15, 0.2) is 0 Å². The third-order valence-electron chi connectivity index (χ3n) is 8.77. The number of fused-ring (bicyclic) bond motifs is 4. The second-order valence-electron chi connectivity index (χ2n) is 11.2. The van der Waals surface area contributed by atoms with Crippen LogP contribution in [0.2, 0.25) is 0 Å². The second kappa shape index (κ2) is 9.44. The van der Waals surface area contributed by atoms with E-state index in [4.69, 9.17) is 4.74 Å². The minimum atomic E-state index is 0.520. The Balaban J connectivity index is 1.30. The Morgan fingerprint density at radius 2 is 1.00 bits per heavy atom. The maximum Gasteiger partial charge on any atom is 0.135 e. The van der Waals surface area contributed by atoms with Crippen molar-refractivity contribution in [2.75, 3.05) is 0 Å². The molecular formula is C42H26O. The minimum Gasteiger partial charge on any atom is -0.456 e. The van der Waals surface area contributed by atoms with Crippen LogP contribution < -0.4 is 4.74 Å². The molecular weight excluding hydrogens is 520 g/mol. The number of hydrogen-bond acceptors (Lipinski definition) is 1. The standard InChI is InChI=1S/C42H26O/c1-2-10-27(11-3-1)28-20-22-30(23-21-28)40-32-14-4-6-16-34(32)41(35-17-7-5-15-33(35)40)31-24-25-38-37(26-31)36-18-8-12-29-13-9-19-39(43-38)42(29)36/h1-26H/i16D. The normalized spacial score (nSPS) is 12.2. The summed E-state index contributed by atoms with van der Waals surface area (Å²) in [6.07, 6.45) is 0. The van der Waals surface area contributed by atoms with E-state index in [9.17, 15) is 1.37 Å². The number of ether oxygens (including phenoxy) is 1. The van der Waals surface area contributed by atoms with Gasteiger partial charge in [0.2, 0.25) is 0 Å². The molecule has 0 unspecified atom stereocenters. The molecule has 1 nitrogen and oxygen atoms in total. The van der Waals surface area contributed by atoms with Gasteiger partial charge in [-0.25, -0.2) is 0 Å². The van der Waals surface area contributed by atoms with Crippen molar-refractivity contribution in [1.29, 1.82) is 0 Å². The summed E-state index contributed by atoms with van der Waals surface area (Å²) in [4.78, 5) is 0. The van der Waals surface area contributed by atoms with E-state index in [-0.39, 0.29) is 0 Å². The summed E-state index contributed by atoms with van der Waals surface area (Å²) < 4.78 is 15.6. The summed E-state index contributed by atoms with van der Waals surface area (Å²) in [6.45, 7) is 0. The molecule has 1 aliphatic heterocycles. The zero-order chi connectivity index (χ0) is 29.2. The highest BCUT2D eigenvalue weighted by Crippen LogP contribution is 2.49. The van der Waals surface area contributed by atoms with E-state index >= 15 is 0 Å². The highest BCUT2D eigenvalue weighted by Gasteiger charge is 2.22. The van der Waals surface area contributed by atoms with Crippen molar-refractivity contribution in [3.8, 4) is 56.0 Å². The van der Waals surface area contributed by atoms with Crippen LogP contribution in [-0.4, -0.2) is 0 Å². The van der Waals surface area contributed by atoms with Gasteiger partial charge in [-0.2, -0.15) is 0 Å². The van der Waals surface area contributed by atoms with Gasteiger partial charge in [0.1, 0.15) is 11.5 Å². The number of benzene rings is 8. The molecule has 200 valence electrons. The lowest BCUT2D eigenvalue weighted by Crippen LogP contribution is -1.97. The molecule has 0 aliphatic carbocycles. The fraction of sp³-hybridized carbons (Fsp3) is 0. The Morgan fingerprint density at radius 3 is 1.79 bits per heavy atom. The minimum absolute atomic E-state index is 0.520. The zero-order valence-corrected chi connectivity index (χ0v) is 23.3. The van der Waals surface area contributed by atoms with Crippen molar-refractivity contribution < 1.29 is 6.11 Å². The van der Waals surface area contributed by atoms with Crippen molar-refractivity contribution in [1.82, 2.24) is 0 Å². The van der Waals surface area contributed by atoms with Crippen molar-refractivity contribution in [2.24, 2.45) is 0 Å². The lowest BCUT2D eigenvalue weighted by atomic mass is 9.84. The Labute approximate surface area is 251 Å². The van der Waals surface area contributed by atoms with Gasteiger partial charge in [-0.1, -0.05) is 140 Å². The summed E-state index contributed by atoms with van der Waals surface area (Å²) in [7, 11) is 0. The predicted molar refractivity (Wildman–Crippen MR) is 181 cm³/mol. The lowest BCUT2D eigenvalue weighted by molar-refractivity contribution is 0.487. The number of hydrogen-bond donors (Lipinski definition) is 0. The van der Waals surface area contributed by atoms with Crippen LogP contribution in [-0.2, 0) is 0 Å². The smallest absolute Gasteiger partial charge is 0.135 e. The molecule has 0 radical (unpaired) electrons. The van der Waals surface area contributed by atoms with Crippen molar-refractivity contribution in [2.45, 2.75) is 0 Å². The molecule has 1 heterocycles. The van der Waals surface area contributed by atoms with Crippen LogP contribution in [0.15, 0.2) is 158 Å². The van der Waals surface area contributed by atoms with Gasteiger partial charge in [-0.05, 0) is 84.1 Å². The molecule has 0 atom stereocenters. The van der Waals surface area contributed by atoms with Crippen LogP contribution in [0.5, 0.6) is 11.5 Å². The predicted octanol–water partition coefficient (Wildman–Crippen LogP) is 11.9. The molecule has 0 bridgehead atoms. The quantitative estimate of drug-likeness (QED) is 0.200. The van der Waals surface area contributed by atoms with E-state index in [2.05, 4.69) is 121 Å². The van der Waals surface area contributed by atoms with Gasteiger partial charge in [-0.15, -0.1) is 0 Å². The van der Waals surface area contributed by atoms with Crippen LogP contribution in [0.4, 0.5) is 0 Å². The maximum absolute atomic E-state index is 9.19. The topological polar surface area (TPSA) is 9.23 Å². The molecule has 0 spiro atoms. The third-order valence-corrected chi connectivity index (χ3v) is 8.77. The molecule has 0 saturated heterocycles. The Bertz CT molecular complexity index is 2400. The SMILES string of the molecule is [2H]c1cccc2c(-c3ccc(-c4ccccc4)cc3)c3ccccc3c(-c3ccc4c(c3)-c3cccc5cccc(c35)O4)c12. The molecule has 43 heavy (non-hydrogen) atoms. The van der Waals surface area contributed by atoms with E-state index < -0.39 is 0 Å². The summed E-state index contributed by atoms with van der Waals surface area (Å²) in [5, 5.41) is 6.67. The summed E-state index contributed by atoms with van der Waals surface area (Å²) in [5.74, 6) is 1.75. The zero-order valence-electron chi connectivity index (χ0n) is 24.3. The van der Waals surface area contributed by atoms with Crippen molar-refractivity contribution >= 4 is 32.3 Å². The first-order valence-electron chi connectivity index (χ1n) is 15.2. The van der Waals surface area contributed by atoms with Crippen LogP contribution in [0.1, 0.15) is 1.37 Å². The third kappa shape index (κ3) is 3.72. The molecule has 8 aromatic carbocycles. The van der Waals surface area contributed by atoms with E-state index in [0.717, 1.165) is 60.9 Å². The van der Waals surface area contributed by atoms with Gasteiger partial charge in [0.05, 0.1) is 1.37 Å². The van der Waals surface area contributed by atoms with Gasteiger partial charge in [0.25, 0.3) is 0 Å². The first-order valence-corrected chi connectivity index (χ1v) is 14.7. The monoisotopic (exact) mass is 547 g/mol. The first kappa shape index (κ1) is 23.0. The average molecular weight is 548 g/mol. The molecule has 0 saturated carbocycles. The largest absolute Gasteiger partial charge is 0.456 e.